The number of aliphatic imine (C=N–C) groups is 2. The fraction of sp³-hybridized carbons (Fsp3) is 0.700. The number of hydrogen-bond acceptors (Lipinski definition) is 2. The van der Waals surface area contributed by atoms with Crippen molar-refractivity contribution in [1.82, 2.24) is 0 Å². The lowest BCUT2D eigenvalue weighted by atomic mass is 9.89. The van der Waals surface area contributed by atoms with Crippen LogP contribution < -0.4 is 0 Å². The fourth-order valence-electron chi connectivity index (χ4n) is 1.73. The average molecular weight is 307 g/mol. The maximum Gasteiger partial charge on any atom is 0.0417 e. The minimum atomic E-state index is 0.243. The van der Waals surface area contributed by atoms with E-state index < -0.39 is 0 Å². The molecule has 0 radical (unpaired) electrons. The summed E-state index contributed by atoms with van der Waals surface area (Å²) < 4.78 is 0. The molecule has 128 valence electrons. The lowest BCUT2D eigenvalue weighted by Gasteiger charge is -2.17. The van der Waals surface area contributed by atoms with Crippen molar-refractivity contribution in [2.45, 2.75) is 82.1 Å². The van der Waals surface area contributed by atoms with E-state index >= 15 is 0 Å². The third kappa shape index (κ3) is 9.70. The zero-order chi connectivity index (χ0) is 17.8. The first-order chi connectivity index (χ1) is 10.2. The Kier molecular flexibility index (Phi) is 12.0. The van der Waals surface area contributed by atoms with Crippen molar-refractivity contribution in [2.24, 2.45) is 20.8 Å². The molecule has 0 aromatic heterocycles. The maximum absolute atomic E-state index is 4.24. The largest absolute Gasteiger partial charge is 0.265 e. The first-order valence-electron chi connectivity index (χ1n) is 8.66. The predicted molar refractivity (Wildman–Crippen MR) is 104 cm³/mol. The Balaban J connectivity index is 0. The SMILES string of the molecule is CC.CC.CC(C)(C)C1=CCC=N1.CC(C)(C)C1=NC=CC1. The molecular weight excluding hydrogens is 268 g/mol. The molecule has 0 saturated carbocycles. The topological polar surface area (TPSA) is 24.7 Å². The molecule has 2 rings (SSSR count). The first kappa shape index (κ1) is 23.1. The lowest BCUT2D eigenvalue weighted by molar-refractivity contribution is 0.500. The molecule has 0 saturated heterocycles. The molecule has 2 nitrogen and oxygen atoms in total. The summed E-state index contributed by atoms with van der Waals surface area (Å²) >= 11 is 0. The Bertz CT molecular complexity index is 396. The molecule has 22 heavy (non-hydrogen) atoms. The van der Waals surface area contributed by atoms with Gasteiger partial charge in [0.1, 0.15) is 0 Å². The van der Waals surface area contributed by atoms with Crippen LogP contribution in [0, 0.1) is 10.8 Å². The van der Waals surface area contributed by atoms with Crippen LogP contribution in [0.2, 0.25) is 0 Å². The summed E-state index contributed by atoms with van der Waals surface area (Å²) in [5, 5.41) is 0. The molecule has 0 aromatic rings. The van der Waals surface area contributed by atoms with Crippen molar-refractivity contribution in [1.29, 1.82) is 0 Å². The molecule has 0 N–H and O–H groups in total. The van der Waals surface area contributed by atoms with Gasteiger partial charge in [0.2, 0.25) is 0 Å². The van der Waals surface area contributed by atoms with E-state index in [2.05, 4.69) is 63.7 Å². The van der Waals surface area contributed by atoms with Gasteiger partial charge in [-0.05, 0) is 0 Å². The minimum Gasteiger partial charge on any atom is -0.265 e. The van der Waals surface area contributed by atoms with Gasteiger partial charge >= 0.3 is 0 Å². The van der Waals surface area contributed by atoms with Gasteiger partial charge in [-0.2, -0.15) is 0 Å². The van der Waals surface area contributed by atoms with Crippen LogP contribution in [0.5, 0.6) is 0 Å². The molecule has 0 aromatic carbocycles. The highest BCUT2D eigenvalue weighted by Crippen LogP contribution is 2.28. The Hall–Kier alpha value is -1.18. The Morgan fingerprint density at radius 2 is 1.41 bits per heavy atom. The third-order valence-corrected chi connectivity index (χ3v) is 2.93. The summed E-state index contributed by atoms with van der Waals surface area (Å²) in [6.07, 6.45) is 10.2. The summed E-state index contributed by atoms with van der Waals surface area (Å²) in [7, 11) is 0. The van der Waals surface area contributed by atoms with Gasteiger partial charge in [-0.25, -0.2) is 0 Å². The highest BCUT2D eigenvalue weighted by atomic mass is 14.8. The van der Waals surface area contributed by atoms with E-state index in [9.17, 15) is 0 Å². The van der Waals surface area contributed by atoms with E-state index in [1.165, 1.54) is 11.4 Å². The predicted octanol–water partition coefficient (Wildman–Crippen LogP) is 6.83. The number of hydrogen-bond donors (Lipinski definition) is 0. The molecule has 2 heterocycles. The molecule has 2 aliphatic rings. The summed E-state index contributed by atoms with van der Waals surface area (Å²) in [5.41, 5.74) is 3.03. The highest BCUT2D eigenvalue weighted by Gasteiger charge is 2.18. The lowest BCUT2D eigenvalue weighted by Crippen LogP contribution is -2.17. The van der Waals surface area contributed by atoms with Gasteiger partial charge < -0.3 is 0 Å². The number of allylic oxidation sites excluding steroid dienone is 3. The van der Waals surface area contributed by atoms with E-state index in [1.54, 1.807) is 0 Å². The third-order valence-electron chi connectivity index (χ3n) is 2.93. The molecule has 0 amide bonds. The van der Waals surface area contributed by atoms with Gasteiger partial charge in [0, 0.05) is 47.5 Å². The maximum atomic E-state index is 4.24. The number of nitrogens with zero attached hydrogens (tertiary/aromatic N) is 2. The standard InChI is InChI=1S/2C8H13N.2C2H6/c2*1-8(2,3)7-5-4-6-9-7;2*1-2/h5-6H,4H2,1-3H3;4,6H,5H2,1-3H3;2*1-2H3. The minimum absolute atomic E-state index is 0.243. The van der Waals surface area contributed by atoms with Crippen LogP contribution in [0.3, 0.4) is 0 Å². The van der Waals surface area contributed by atoms with E-state index in [0.29, 0.717) is 0 Å². The molecule has 0 atom stereocenters. The molecule has 0 aliphatic carbocycles. The van der Waals surface area contributed by atoms with Gasteiger partial charge in [-0.1, -0.05) is 81.4 Å². The number of rotatable bonds is 0. The van der Waals surface area contributed by atoms with E-state index in [0.717, 1.165) is 12.8 Å². The summed E-state index contributed by atoms with van der Waals surface area (Å²) in [6, 6.07) is 0. The quantitative estimate of drug-likeness (QED) is 0.468. The molecule has 2 aliphatic heterocycles. The van der Waals surface area contributed by atoms with Crippen LogP contribution in [0.25, 0.3) is 0 Å². The molecule has 2 heteroatoms. The highest BCUT2D eigenvalue weighted by molar-refractivity contribution is 5.92. The Morgan fingerprint density at radius 1 is 0.864 bits per heavy atom. The van der Waals surface area contributed by atoms with Gasteiger partial charge in [-0.15, -0.1) is 0 Å². The van der Waals surface area contributed by atoms with E-state index in [1.807, 2.05) is 40.1 Å². The monoisotopic (exact) mass is 306 g/mol. The van der Waals surface area contributed by atoms with Crippen LogP contribution in [0.4, 0.5) is 0 Å². The second kappa shape index (κ2) is 11.4. The van der Waals surface area contributed by atoms with Crippen molar-refractivity contribution in [3.8, 4) is 0 Å². The second-order valence-corrected chi connectivity index (χ2v) is 6.80. The zero-order valence-electron chi connectivity index (χ0n) is 16.6. The fourth-order valence-corrected chi connectivity index (χ4v) is 1.73. The zero-order valence-corrected chi connectivity index (χ0v) is 16.6. The van der Waals surface area contributed by atoms with Crippen molar-refractivity contribution in [3.63, 3.8) is 0 Å². The molecule has 0 fully saturated rings. The smallest absolute Gasteiger partial charge is 0.0417 e. The van der Waals surface area contributed by atoms with Crippen LogP contribution in [-0.2, 0) is 0 Å². The molecule has 0 unspecified atom stereocenters. The average Bonchev–Trinajstić information content (AvgIpc) is 3.16. The van der Waals surface area contributed by atoms with E-state index in [-0.39, 0.29) is 10.8 Å². The van der Waals surface area contributed by atoms with Crippen LogP contribution >= 0.6 is 0 Å². The van der Waals surface area contributed by atoms with E-state index in [4.69, 9.17) is 0 Å². The van der Waals surface area contributed by atoms with Gasteiger partial charge in [0.05, 0.1) is 0 Å². The normalized spacial score (nSPS) is 15.5. The second-order valence-electron chi connectivity index (χ2n) is 6.80. The van der Waals surface area contributed by atoms with Crippen molar-refractivity contribution in [3.05, 3.63) is 24.0 Å². The van der Waals surface area contributed by atoms with Gasteiger partial charge in [0.15, 0.2) is 0 Å². The summed E-state index contributed by atoms with van der Waals surface area (Å²) in [5.74, 6) is 0. The van der Waals surface area contributed by atoms with Crippen molar-refractivity contribution < 1.29 is 0 Å². The molecule has 0 spiro atoms. The first-order valence-corrected chi connectivity index (χ1v) is 8.66. The Labute approximate surface area is 139 Å². The Morgan fingerprint density at radius 3 is 1.59 bits per heavy atom. The summed E-state index contributed by atoms with van der Waals surface area (Å²) in [6.45, 7) is 21.1. The van der Waals surface area contributed by atoms with Crippen molar-refractivity contribution >= 4 is 11.9 Å². The van der Waals surface area contributed by atoms with Crippen LogP contribution in [-0.4, -0.2) is 11.9 Å². The van der Waals surface area contributed by atoms with Crippen molar-refractivity contribution in [2.75, 3.05) is 0 Å². The summed E-state index contributed by atoms with van der Waals surface area (Å²) in [4.78, 5) is 8.49. The van der Waals surface area contributed by atoms with Crippen LogP contribution in [0.1, 0.15) is 82.1 Å². The molecular formula is C20H38N2. The van der Waals surface area contributed by atoms with Crippen LogP contribution in [0.15, 0.2) is 34.0 Å². The molecule has 0 bridgehead atoms. The van der Waals surface area contributed by atoms with Gasteiger partial charge in [0.25, 0.3) is 0 Å². The van der Waals surface area contributed by atoms with Gasteiger partial charge in [-0.3, -0.25) is 9.98 Å².